The van der Waals surface area contributed by atoms with Crippen LogP contribution in [0.25, 0.3) is 11.0 Å². The second-order valence-corrected chi connectivity index (χ2v) is 6.73. The molecule has 1 aliphatic heterocycles. The minimum atomic E-state index is -0.573. The molecule has 4 rings (SSSR count). The third-order valence-corrected chi connectivity index (χ3v) is 4.63. The molecule has 0 bridgehead atoms. The van der Waals surface area contributed by atoms with Crippen molar-refractivity contribution >= 4 is 28.5 Å². The Balaban J connectivity index is 1.66. The highest BCUT2D eigenvalue weighted by atomic mass is 19.1. The van der Waals surface area contributed by atoms with Crippen molar-refractivity contribution < 1.29 is 18.7 Å². The molecule has 0 radical (unpaired) electrons. The summed E-state index contributed by atoms with van der Waals surface area (Å²) in [7, 11) is 0. The Labute approximate surface area is 161 Å². The number of aryl methyl sites for hydroxylation is 1. The maximum absolute atomic E-state index is 13.4. The smallest absolute Gasteiger partial charge is 0.360 e. The Morgan fingerprint density at radius 1 is 1.25 bits per heavy atom. The fourth-order valence-electron chi connectivity index (χ4n) is 3.14. The van der Waals surface area contributed by atoms with Crippen LogP contribution in [0.3, 0.4) is 0 Å². The molecule has 2 heterocycles. The Morgan fingerprint density at radius 3 is 2.75 bits per heavy atom. The zero-order chi connectivity index (χ0) is 19.5. The number of esters is 1. The average Bonchev–Trinajstić information content (AvgIpc) is 3.21. The molecule has 1 aliphatic rings. The molecule has 0 aliphatic carbocycles. The van der Waals surface area contributed by atoms with E-state index in [-0.39, 0.29) is 30.0 Å². The summed E-state index contributed by atoms with van der Waals surface area (Å²) in [5, 5.41) is 3.10. The first kappa shape index (κ1) is 18.3. The number of para-hydroxylation sites is 2. The zero-order valence-corrected chi connectivity index (χ0v) is 15.4. The van der Waals surface area contributed by atoms with E-state index in [1.165, 1.54) is 12.1 Å². The van der Waals surface area contributed by atoms with Gasteiger partial charge in [-0.1, -0.05) is 12.1 Å². The number of aromatic nitrogens is 2. The van der Waals surface area contributed by atoms with Crippen LogP contribution in [0.5, 0.6) is 0 Å². The Bertz CT molecular complexity index is 1020. The number of fused-ring (bicyclic) bond motifs is 1. The molecule has 0 spiro atoms. The van der Waals surface area contributed by atoms with Crippen molar-refractivity contribution in [3.63, 3.8) is 0 Å². The number of nitrogens with one attached hydrogen (secondary N) is 1. The number of carbonyl (C=O) groups excluding carboxylic acids is 1. The second-order valence-electron chi connectivity index (χ2n) is 6.73. The van der Waals surface area contributed by atoms with Gasteiger partial charge in [-0.3, -0.25) is 0 Å². The van der Waals surface area contributed by atoms with Gasteiger partial charge in [0.15, 0.2) is 11.5 Å². The summed E-state index contributed by atoms with van der Waals surface area (Å²) in [6.45, 7) is 2.65. The third kappa shape index (κ3) is 3.94. The highest BCUT2D eigenvalue weighted by molar-refractivity contribution is 5.96. The molecule has 28 heavy (non-hydrogen) atoms. The molecule has 1 unspecified atom stereocenters. The van der Waals surface area contributed by atoms with Crippen molar-refractivity contribution in [2.75, 3.05) is 18.5 Å². The van der Waals surface area contributed by atoms with Crippen LogP contribution in [-0.4, -0.2) is 35.3 Å². The minimum absolute atomic E-state index is 0.0758. The number of nitrogens with zero attached hydrogens (tertiary/aromatic N) is 2. The van der Waals surface area contributed by atoms with Crippen LogP contribution in [0, 0.1) is 12.7 Å². The predicted molar refractivity (Wildman–Crippen MR) is 103 cm³/mol. The van der Waals surface area contributed by atoms with Crippen LogP contribution < -0.4 is 5.32 Å². The zero-order valence-electron chi connectivity index (χ0n) is 15.4. The van der Waals surface area contributed by atoms with E-state index in [2.05, 4.69) is 15.3 Å². The topological polar surface area (TPSA) is 73.3 Å². The molecule has 2 aromatic carbocycles. The van der Waals surface area contributed by atoms with Crippen molar-refractivity contribution in [1.29, 1.82) is 0 Å². The van der Waals surface area contributed by atoms with E-state index >= 15 is 0 Å². The number of rotatable bonds is 5. The number of hydrogen-bond donors (Lipinski definition) is 1. The van der Waals surface area contributed by atoms with E-state index in [4.69, 9.17) is 9.47 Å². The maximum Gasteiger partial charge on any atom is 0.360 e. The van der Waals surface area contributed by atoms with Gasteiger partial charge in [0.1, 0.15) is 12.4 Å². The quantitative estimate of drug-likeness (QED) is 0.669. The highest BCUT2D eigenvalue weighted by Crippen LogP contribution is 2.25. The van der Waals surface area contributed by atoms with E-state index in [1.807, 2.05) is 18.2 Å². The lowest BCUT2D eigenvalue weighted by molar-refractivity contribution is 0.0157. The number of benzene rings is 2. The Morgan fingerprint density at radius 2 is 2.04 bits per heavy atom. The van der Waals surface area contributed by atoms with Gasteiger partial charge in [-0.05, 0) is 55.7 Å². The molecule has 1 N–H and O–H groups in total. The van der Waals surface area contributed by atoms with Crippen LogP contribution in [0.15, 0.2) is 42.5 Å². The van der Waals surface area contributed by atoms with Gasteiger partial charge in [-0.15, -0.1) is 0 Å². The van der Waals surface area contributed by atoms with E-state index in [0.717, 1.165) is 12.8 Å². The van der Waals surface area contributed by atoms with Crippen LogP contribution >= 0.6 is 0 Å². The first-order chi connectivity index (χ1) is 13.6. The molecule has 3 aromatic rings. The lowest BCUT2D eigenvalue weighted by atomic mass is 10.2. The van der Waals surface area contributed by atoms with Crippen molar-refractivity contribution in [2.24, 2.45) is 0 Å². The Hall–Kier alpha value is -3.06. The number of anilines is 2. The number of halogens is 1. The largest absolute Gasteiger partial charge is 0.458 e. The molecular formula is C21H20FN3O3. The second kappa shape index (κ2) is 7.90. The fraction of sp³-hybridized carbons (Fsp3) is 0.286. The van der Waals surface area contributed by atoms with Crippen molar-refractivity contribution in [3.05, 3.63) is 59.5 Å². The molecule has 144 valence electrons. The molecule has 7 heteroatoms. The summed E-state index contributed by atoms with van der Waals surface area (Å²) in [5.41, 5.74) is 2.64. The minimum Gasteiger partial charge on any atom is -0.458 e. The average molecular weight is 381 g/mol. The van der Waals surface area contributed by atoms with Crippen molar-refractivity contribution in [1.82, 2.24) is 9.97 Å². The number of ether oxygens (including phenoxy) is 2. The normalized spacial score (nSPS) is 16.3. The summed E-state index contributed by atoms with van der Waals surface area (Å²) in [6.07, 6.45) is 1.76. The van der Waals surface area contributed by atoms with Gasteiger partial charge < -0.3 is 14.8 Å². The summed E-state index contributed by atoms with van der Waals surface area (Å²) in [5.74, 6) is -0.634. The van der Waals surface area contributed by atoms with Crippen LogP contribution in [-0.2, 0) is 9.47 Å². The van der Waals surface area contributed by atoms with Gasteiger partial charge in [-0.25, -0.2) is 19.2 Å². The molecule has 1 fully saturated rings. The lowest BCUT2D eigenvalue weighted by Crippen LogP contribution is -2.20. The predicted octanol–water partition coefficient (Wildman–Crippen LogP) is 4.16. The summed E-state index contributed by atoms with van der Waals surface area (Å²) < 4.78 is 24.3. The molecule has 0 amide bonds. The van der Waals surface area contributed by atoms with Gasteiger partial charge in [0.05, 0.1) is 17.1 Å². The Kier molecular flexibility index (Phi) is 5.16. The van der Waals surface area contributed by atoms with Crippen LogP contribution in [0.4, 0.5) is 15.9 Å². The maximum atomic E-state index is 13.4. The van der Waals surface area contributed by atoms with Crippen molar-refractivity contribution in [3.8, 4) is 0 Å². The number of carbonyl (C=O) groups is 1. The van der Waals surface area contributed by atoms with Gasteiger partial charge in [0, 0.05) is 12.3 Å². The summed E-state index contributed by atoms with van der Waals surface area (Å²) in [4.78, 5) is 21.7. The third-order valence-electron chi connectivity index (χ3n) is 4.63. The van der Waals surface area contributed by atoms with Gasteiger partial charge in [0.2, 0.25) is 0 Å². The standard InChI is InChI=1S/C21H20FN3O3/c1-13-11-14(22)8-9-16(13)24-20-19(21(26)28-12-15-5-4-10-27-15)23-17-6-2-3-7-18(17)25-20/h2-3,6-9,11,15H,4-5,10,12H2,1H3,(H,24,25). The van der Waals surface area contributed by atoms with Gasteiger partial charge in [0.25, 0.3) is 0 Å². The first-order valence-corrected chi connectivity index (χ1v) is 9.19. The van der Waals surface area contributed by atoms with E-state index in [1.54, 1.807) is 19.1 Å². The van der Waals surface area contributed by atoms with Crippen molar-refractivity contribution in [2.45, 2.75) is 25.9 Å². The van der Waals surface area contributed by atoms with E-state index in [9.17, 15) is 9.18 Å². The lowest BCUT2D eigenvalue weighted by Gasteiger charge is -2.14. The summed E-state index contributed by atoms with van der Waals surface area (Å²) in [6, 6.07) is 11.6. The molecule has 1 aromatic heterocycles. The SMILES string of the molecule is Cc1cc(F)ccc1Nc1nc2ccccc2nc1C(=O)OCC1CCCO1. The molecule has 1 atom stereocenters. The monoisotopic (exact) mass is 381 g/mol. The fourth-order valence-corrected chi connectivity index (χ4v) is 3.14. The highest BCUT2D eigenvalue weighted by Gasteiger charge is 2.22. The van der Waals surface area contributed by atoms with Gasteiger partial charge in [-0.2, -0.15) is 0 Å². The van der Waals surface area contributed by atoms with E-state index in [0.29, 0.717) is 28.9 Å². The van der Waals surface area contributed by atoms with Crippen LogP contribution in [0.1, 0.15) is 28.9 Å². The summed E-state index contributed by atoms with van der Waals surface area (Å²) >= 11 is 0. The number of hydrogen-bond acceptors (Lipinski definition) is 6. The molecule has 1 saturated heterocycles. The first-order valence-electron chi connectivity index (χ1n) is 9.19. The molecular weight excluding hydrogens is 361 g/mol. The molecule has 6 nitrogen and oxygen atoms in total. The molecule has 0 saturated carbocycles. The van der Waals surface area contributed by atoms with E-state index < -0.39 is 5.97 Å². The van der Waals surface area contributed by atoms with Gasteiger partial charge >= 0.3 is 5.97 Å². The van der Waals surface area contributed by atoms with Crippen LogP contribution in [0.2, 0.25) is 0 Å².